The molecule has 8 heteroatoms. The van der Waals surface area contributed by atoms with E-state index in [4.69, 9.17) is 29.8 Å². The largest absolute Gasteiger partial charge is 0.496 e. The van der Waals surface area contributed by atoms with Gasteiger partial charge in [0.15, 0.2) is 0 Å². The molecule has 0 amide bonds. The fraction of sp³-hybridized carbons (Fsp3) is 0.350. The minimum absolute atomic E-state index is 0.250. The predicted octanol–water partition coefficient (Wildman–Crippen LogP) is 2.52. The van der Waals surface area contributed by atoms with Crippen molar-refractivity contribution in [3.63, 3.8) is 0 Å². The molecule has 0 fully saturated rings. The monoisotopic (exact) mass is 385 g/mol. The number of anilines is 1. The topological polar surface area (TPSA) is 128 Å². The lowest BCUT2D eigenvalue weighted by Gasteiger charge is -2.22. The molecule has 1 aliphatic rings. The summed E-state index contributed by atoms with van der Waals surface area (Å²) in [4.78, 5) is 12.8. The smallest absolute Gasteiger partial charge is 0.290 e. The van der Waals surface area contributed by atoms with Gasteiger partial charge in [-0.2, -0.15) is 5.26 Å². The summed E-state index contributed by atoms with van der Waals surface area (Å²) < 4.78 is 16.6. The number of hydrogen-bond acceptors (Lipinski definition) is 7. The van der Waals surface area contributed by atoms with E-state index in [0.717, 1.165) is 33.7 Å². The third-order valence-electron chi connectivity index (χ3n) is 4.28. The Hall–Kier alpha value is -3.15. The van der Waals surface area contributed by atoms with E-state index in [1.165, 1.54) is 0 Å². The second-order valence-corrected chi connectivity index (χ2v) is 5.86. The van der Waals surface area contributed by atoms with Gasteiger partial charge in [0.25, 0.3) is 6.47 Å². The number of hydrogen-bond donors (Lipinski definition) is 2. The lowest BCUT2D eigenvalue weighted by Crippen LogP contribution is -2.16. The third-order valence-corrected chi connectivity index (χ3v) is 4.28. The Labute approximate surface area is 163 Å². The number of nitriles is 1. The van der Waals surface area contributed by atoms with E-state index in [1.807, 2.05) is 25.1 Å². The molecular formula is C20H23N3O5. The summed E-state index contributed by atoms with van der Waals surface area (Å²) in [6, 6.07) is 8.00. The van der Waals surface area contributed by atoms with E-state index in [0.29, 0.717) is 38.4 Å². The van der Waals surface area contributed by atoms with E-state index >= 15 is 0 Å². The first-order valence-electron chi connectivity index (χ1n) is 8.73. The van der Waals surface area contributed by atoms with Crippen molar-refractivity contribution in [2.24, 2.45) is 0 Å². The number of nitrogens with two attached hydrogens (primary N) is 1. The zero-order valence-electron chi connectivity index (χ0n) is 15.9. The number of nitrogen functional groups attached to an aromatic ring is 1. The third kappa shape index (κ3) is 4.57. The number of carbonyl (C=O) groups is 1. The first-order chi connectivity index (χ1) is 13.6. The summed E-state index contributed by atoms with van der Waals surface area (Å²) in [6.45, 7) is 3.79. The molecule has 3 N–H and O–H groups in total. The Morgan fingerprint density at radius 1 is 1.46 bits per heavy atom. The van der Waals surface area contributed by atoms with Crippen molar-refractivity contribution in [1.29, 1.82) is 5.26 Å². The number of fused-ring (bicyclic) bond motifs is 1. The molecule has 0 bridgehead atoms. The van der Waals surface area contributed by atoms with E-state index in [-0.39, 0.29) is 12.3 Å². The molecule has 3 rings (SSSR count). The molecular weight excluding hydrogens is 362 g/mol. The fourth-order valence-corrected chi connectivity index (χ4v) is 3.09. The molecule has 0 radical (unpaired) electrons. The zero-order valence-corrected chi connectivity index (χ0v) is 15.9. The zero-order chi connectivity index (χ0) is 20.5. The van der Waals surface area contributed by atoms with Gasteiger partial charge in [0, 0.05) is 29.7 Å². The first-order valence-corrected chi connectivity index (χ1v) is 8.73. The molecule has 148 valence electrons. The van der Waals surface area contributed by atoms with Crippen LogP contribution < -0.4 is 10.5 Å². The standard InChI is InChI=1S/C19H21N3O3.CH2O2/c1-3-24-10-13-8-12(4-5-17(13)23-2)18-14(9-20)19(21)22-16-6-7-25-11-15(16)18;2-1-3/h4-5,8H,3,6-7,10-11H2,1-2H3,(H2,21,22);1H,(H,2,3). The highest BCUT2D eigenvalue weighted by atomic mass is 16.5. The van der Waals surface area contributed by atoms with Crippen LogP contribution in [0, 0.1) is 11.3 Å². The van der Waals surface area contributed by atoms with Gasteiger partial charge >= 0.3 is 0 Å². The number of methoxy groups -OCH3 is 1. The average molecular weight is 385 g/mol. The van der Waals surface area contributed by atoms with Crippen LogP contribution in [0.15, 0.2) is 18.2 Å². The molecule has 0 aliphatic carbocycles. The van der Waals surface area contributed by atoms with E-state index in [2.05, 4.69) is 11.1 Å². The predicted molar refractivity (Wildman–Crippen MR) is 103 cm³/mol. The molecule has 2 heterocycles. The molecule has 1 aromatic heterocycles. The van der Waals surface area contributed by atoms with Gasteiger partial charge in [-0.15, -0.1) is 0 Å². The van der Waals surface area contributed by atoms with Gasteiger partial charge in [0.2, 0.25) is 0 Å². The normalized spacial score (nSPS) is 12.2. The second kappa shape index (κ2) is 10.3. The van der Waals surface area contributed by atoms with Crippen LogP contribution in [0.3, 0.4) is 0 Å². The Bertz CT molecular complexity index is 877. The van der Waals surface area contributed by atoms with Gasteiger partial charge in [0.1, 0.15) is 23.2 Å². The van der Waals surface area contributed by atoms with Crippen LogP contribution in [0.25, 0.3) is 11.1 Å². The number of carboxylic acid groups (broad SMARTS) is 1. The second-order valence-electron chi connectivity index (χ2n) is 5.86. The number of aromatic nitrogens is 1. The number of rotatable bonds is 5. The molecule has 0 saturated heterocycles. The van der Waals surface area contributed by atoms with Gasteiger partial charge < -0.3 is 25.1 Å². The van der Waals surface area contributed by atoms with Gasteiger partial charge in [0.05, 0.1) is 32.6 Å². The van der Waals surface area contributed by atoms with Crippen molar-refractivity contribution in [2.45, 2.75) is 26.6 Å². The molecule has 8 nitrogen and oxygen atoms in total. The molecule has 0 spiro atoms. The Morgan fingerprint density at radius 2 is 2.21 bits per heavy atom. The molecule has 0 atom stereocenters. The maximum atomic E-state index is 9.61. The maximum absolute atomic E-state index is 9.61. The summed E-state index contributed by atoms with van der Waals surface area (Å²) in [5.74, 6) is 1.02. The lowest BCUT2D eigenvalue weighted by atomic mass is 9.91. The van der Waals surface area contributed by atoms with Crippen LogP contribution in [0.4, 0.5) is 5.82 Å². The Balaban J connectivity index is 0.000000878. The van der Waals surface area contributed by atoms with Gasteiger partial charge in [-0.25, -0.2) is 4.98 Å². The summed E-state index contributed by atoms with van der Waals surface area (Å²) in [7, 11) is 1.63. The van der Waals surface area contributed by atoms with Crippen molar-refractivity contribution in [3.05, 3.63) is 40.6 Å². The molecule has 1 aromatic carbocycles. The summed E-state index contributed by atoms with van der Waals surface area (Å²) in [5, 5.41) is 16.5. The summed E-state index contributed by atoms with van der Waals surface area (Å²) in [5.41, 5.74) is 10.9. The van der Waals surface area contributed by atoms with Crippen molar-refractivity contribution >= 4 is 12.3 Å². The van der Waals surface area contributed by atoms with Crippen LogP contribution >= 0.6 is 0 Å². The summed E-state index contributed by atoms with van der Waals surface area (Å²) >= 11 is 0. The highest BCUT2D eigenvalue weighted by Crippen LogP contribution is 2.36. The van der Waals surface area contributed by atoms with Crippen molar-refractivity contribution < 1.29 is 24.1 Å². The SMILES string of the molecule is CCOCc1cc(-c2c(C#N)c(N)nc3c2COCC3)ccc1OC.O=CO. The van der Waals surface area contributed by atoms with Gasteiger partial charge in [-0.3, -0.25) is 4.79 Å². The lowest BCUT2D eigenvalue weighted by molar-refractivity contribution is -0.122. The first kappa shape index (κ1) is 21.2. The summed E-state index contributed by atoms with van der Waals surface area (Å²) in [6.07, 6.45) is 0.695. The van der Waals surface area contributed by atoms with Gasteiger partial charge in [-0.05, 0) is 24.6 Å². The van der Waals surface area contributed by atoms with Crippen molar-refractivity contribution in [3.8, 4) is 22.9 Å². The maximum Gasteiger partial charge on any atom is 0.290 e. The molecule has 0 saturated carbocycles. The van der Waals surface area contributed by atoms with Crippen LogP contribution in [-0.2, 0) is 33.9 Å². The molecule has 28 heavy (non-hydrogen) atoms. The number of ether oxygens (including phenoxy) is 3. The Kier molecular flexibility index (Phi) is 7.75. The van der Waals surface area contributed by atoms with Crippen LogP contribution in [0.1, 0.15) is 29.3 Å². The van der Waals surface area contributed by atoms with Crippen molar-refractivity contribution in [2.75, 3.05) is 26.1 Å². The molecule has 1 aliphatic heterocycles. The number of pyridine rings is 1. The highest BCUT2D eigenvalue weighted by Gasteiger charge is 2.23. The van der Waals surface area contributed by atoms with E-state index < -0.39 is 0 Å². The highest BCUT2D eigenvalue weighted by molar-refractivity contribution is 5.80. The molecule has 0 unspecified atom stereocenters. The number of benzene rings is 1. The average Bonchev–Trinajstić information content (AvgIpc) is 2.71. The van der Waals surface area contributed by atoms with Crippen LogP contribution in [0.2, 0.25) is 0 Å². The van der Waals surface area contributed by atoms with Crippen LogP contribution in [-0.4, -0.2) is 36.9 Å². The Morgan fingerprint density at radius 3 is 2.86 bits per heavy atom. The molecule has 2 aromatic rings. The number of nitrogens with zero attached hydrogens (tertiary/aromatic N) is 2. The van der Waals surface area contributed by atoms with Crippen LogP contribution in [0.5, 0.6) is 5.75 Å². The fourth-order valence-electron chi connectivity index (χ4n) is 3.09. The van der Waals surface area contributed by atoms with E-state index in [1.54, 1.807) is 7.11 Å². The van der Waals surface area contributed by atoms with E-state index in [9.17, 15) is 5.26 Å². The minimum Gasteiger partial charge on any atom is -0.496 e. The van der Waals surface area contributed by atoms with Gasteiger partial charge in [-0.1, -0.05) is 6.07 Å². The minimum atomic E-state index is -0.250. The van der Waals surface area contributed by atoms with Crippen molar-refractivity contribution in [1.82, 2.24) is 4.98 Å². The quantitative estimate of drug-likeness (QED) is 0.752.